The molecule has 3 aromatic carbocycles. The van der Waals surface area contributed by atoms with E-state index in [1.54, 1.807) is 11.3 Å². The molecule has 1 saturated heterocycles. The second-order valence-corrected chi connectivity index (χ2v) is 10.6. The number of carbonyl (C=O) groups excluding carboxylic acids is 1. The minimum atomic E-state index is -0.243. The van der Waals surface area contributed by atoms with Crippen molar-refractivity contribution in [1.29, 1.82) is 0 Å². The first kappa shape index (κ1) is 25.3. The zero-order chi connectivity index (χ0) is 25.6. The Labute approximate surface area is 222 Å². The van der Waals surface area contributed by atoms with Gasteiger partial charge >= 0.3 is 0 Å². The molecule has 4 nitrogen and oxygen atoms in total. The van der Waals surface area contributed by atoms with Gasteiger partial charge in [0.05, 0.1) is 6.04 Å². The third-order valence-corrected chi connectivity index (χ3v) is 8.14. The van der Waals surface area contributed by atoms with Crippen LogP contribution in [-0.2, 0) is 13.0 Å². The van der Waals surface area contributed by atoms with Crippen molar-refractivity contribution in [2.24, 2.45) is 0 Å². The molecule has 0 saturated carbocycles. The molecule has 37 heavy (non-hydrogen) atoms. The normalized spacial score (nSPS) is 15.4. The predicted octanol–water partition coefficient (Wildman–Crippen LogP) is 6.61. The number of carbonyl (C=O) groups is 1. The molecule has 1 fully saturated rings. The van der Waals surface area contributed by atoms with E-state index in [0.717, 1.165) is 55.3 Å². The van der Waals surface area contributed by atoms with Crippen molar-refractivity contribution in [3.63, 3.8) is 0 Å². The SMILES string of the molecule is CCc1cc([C@H](c2ccc(F)cc2)N2CCN(Cc3ccccc3)CC2)c(NC(=O)c2ccccc2)s1. The number of nitrogens with one attached hydrogen (secondary N) is 1. The van der Waals surface area contributed by atoms with E-state index in [-0.39, 0.29) is 17.8 Å². The number of anilines is 1. The Morgan fingerprint density at radius 1 is 0.919 bits per heavy atom. The predicted molar refractivity (Wildman–Crippen MR) is 150 cm³/mol. The van der Waals surface area contributed by atoms with Crippen LogP contribution in [0.15, 0.2) is 91.0 Å². The Morgan fingerprint density at radius 2 is 1.57 bits per heavy atom. The lowest BCUT2D eigenvalue weighted by Crippen LogP contribution is -2.47. The zero-order valence-electron chi connectivity index (χ0n) is 21.1. The van der Waals surface area contributed by atoms with Crippen molar-refractivity contribution in [3.05, 3.63) is 124 Å². The molecule has 1 N–H and O–H groups in total. The largest absolute Gasteiger partial charge is 0.313 e. The van der Waals surface area contributed by atoms with Crippen LogP contribution < -0.4 is 5.32 Å². The van der Waals surface area contributed by atoms with E-state index < -0.39 is 0 Å². The second kappa shape index (κ2) is 11.8. The number of halogens is 1. The summed E-state index contributed by atoms with van der Waals surface area (Å²) in [5, 5.41) is 4.06. The third kappa shape index (κ3) is 6.16. The van der Waals surface area contributed by atoms with Gasteiger partial charge in [-0.15, -0.1) is 11.3 Å². The number of amides is 1. The fraction of sp³-hybridized carbons (Fsp3) is 0.258. The van der Waals surface area contributed by atoms with E-state index in [9.17, 15) is 9.18 Å². The Hall–Kier alpha value is -3.32. The van der Waals surface area contributed by atoms with Crippen molar-refractivity contribution < 1.29 is 9.18 Å². The quantitative estimate of drug-likeness (QED) is 0.288. The maximum Gasteiger partial charge on any atom is 0.256 e. The van der Waals surface area contributed by atoms with Crippen LogP contribution in [0.2, 0.25) is 0 Å². The third-order valence-electron chi connectivity index (χ3n) is 6.92. The van der Waals surface area contributed by atoms with E-state index >= 15 is 0 Å². The van der Waals surface area contributed by atoms with Gasteiger partial charge in [0.2, 0.25) is 0 Å². The molecule has 6 heteroatoms. The first-order valence-electron chi connectivity index (χ1n) is 12.9. The summed E-state index contributed by atoms with van der Waals surface area (Å²) < 4.78 is 13.9. The maximum absolute atomic E-state index is 13.9. The first-order valence-corrected chi connectivity index (χ1v) is 13.7. The molecule has 2 heterocycles. The fourth-order valence-corrected chi connectivity index (χ4v) is 5.98. The average Bonchev–Trinajstić information content (AvgIpc) is 3.34. The van der Waals surface area contributed by atoms with Crippen LogP contribution >= 0.6 is 11.3 Å². The van der Waals surface area contributed by atoms with E-state index in [1.165, 1.54) is 22.6 Å². The highest BCUT2D eigenvalue weighted by Crippen LogP contribution is 2.40. The topological polar surface area (TPSA) is 35.6 Å². The molecular weight excluding hydrogens is 481 g/mol. The van der Waals surface area contributed by atoms with Crippen molar-refractivity contribution in [3.8, 4) is 0 Å². The first-order chi connectivity index (χ1) is 18.1. The van der Waals surface area contributed by atoms with Gasteiger partial charge in [-0.05, 0) is 47.9 Å². The monoisotopic (exact) mass is 513 g/mol. The van der Waals surface area contributed by atoms with Gasteiger partial charge in [0, 0.05) is 48.7 Å². The van der Waals surface area contributed by atoms with E-state index in [0.29, 0.717) is 5.56 Å². The van der Waals surface area contributed by atoms with Crippen LogP contribution in [0.5, 0.6) is 0 Å². The van der Waals surface area contributed by atoms with Gasteiger partial charge in [-0.3, -0.25) is 14.6 Å². The minimum absolute atomic E-state index is 0.0675. The number of benzene rings is 3. The lowest BCUT2D eigenvalue weighted by atomic mass is 9.97. The standard InChI is InChI=1S/C31H32FN3OS/c1-2-27-21-28(31(37-27)33-30(36)25-11-7-4-8-12-25)29(24-13-15-26(32)16-14-24)35-19-17-34(18-20-35)22-23-9-5-3-6-10-23/h3-16,21,29H,2,17-20,22H2,1H3,(H,33,36)/t29-/m0/s1. The van der Waals surface area contributed by atoms with Gasteiger partial charge in [-0.1, -0.05) is 67.6 Å². The van der Waals surface area contributed by atoms with Crippen molar-refractivity contribution in [2.75, 3.05) is 31.5 Å². The summed E-state index contributed by atoms with van der Waals surface area (Å²) in [7, 11) is 0. The smallest absolute Gasteiger partial charge is 0.256 e. The highest BCUT2D eigenvalue weighted by Gasteiger charge is 2.30. The minimum Gasteiger partial charge on any atom is -0.313 e. The maximum atomic E-state index is 13.9. The number of hydrogen-bond donors (Lipinski definition) is 1. The van der Waals surface area contributed by atoms with E-state index in [2.05, 4.69) is 52.4 Å². The van der Waals surface area contributed by atoms with Gasteiger partial charge in [0.1, 0.15) is 10.8 Å². The van der Waals surface area contributed by atoms with Gasteiger partial charge < -0.3 is 5.32 Å². The molecule has 1 aliphatic heterocycles. The molecule has 1 aliphatic rings. The van der Waals surface area contributed by atoms with Gasteiger partial charge in [-0.25, -0.2) is 4.39 Å². The summed E-state index contributed by atoms with van der Waals surface area (Å²) in [4.78, 5) is 19.3. The van der Waals surface area contributed by atoms with E-state index in [4.69, 9.17) is 0 Å². The molecule has 190 valence electrons. The molecule has 0 bridgehead atoms. The summed E-state index contributed by atoms with van der Waals surface area (Å²) in [5.74, 6) is -0.357. The molecule has 0 spiro atoms. The summed E-state index contributed by atoms with van der Waals surface area (Å²) in [6, 6.07) is 28.8. The Kier molecular flexibility index (Phi) is 8.09. The van der Waals surface area contributed by atoms with Crippen LogP contribution in [0.3, 0.4) is 0 Å². The summed E-state index contributed by atoms with van der Waals surface area (Å²) in [6.07, 6.45) is 0.889. The fourth-order valence-electron chi connectivity index (χ4n) is 4.95. The summed E-state index contributed by atoms with van der Waals surface area (Å²) >= 11 is 1.63. The van der Waals surface area contributed by atoms with Crippen LogP contribution in [0.4, 0.5) is 9.39 Å². The molecule has 4 aromatic rings. The Bertz CT molecular complexity index is 1300. The summed E-state index contributed by atoms with van der Waals surface area (Å²) in [6.45, 7) is 6.74. The molecule has 1 aromatic heterocycles. The summed E-state index contributed by atoms with van der Waals surface area (Å²) in [5.41, 5.74) is 4.07. The van der Waals surface area contributed by atoms with Crippen molar-refractivity contribution >= 4 is 22.2 Å². The number of thiophene rings is 1. The highest BCUT2D eigenvalue weighted by atomic mass is 32.1. The van der Waals surface area contributed by atoms with Crippen molar-refractivity contribution in [2.45, 2.75) is 25.9 Å². The van der Waals surface area contributed by atoms with E-state index in [1.807, 2.05) is 48.5 Å². The number of aryl methyl sites for hydroxylation is 1. The van der Waals surface area contributed by atoms with Crippen LogP contribution in [0.25, 0.3) is 0 Å². The van der Waals surface area contributed by atoms with Crippen LogP contribution in [0, 0.1) is 5.82 Å². The average molecular weight is 514 g/mol. The number of nitrogens with zero attached hydrogens (tertiary/aromatic N) is 2. The lowest BCUT2D eigenvalue weighted by molar-refractivity contribution is 0.102. The van der Waals surface area contributed by atoms with Gasteiger partial charge in [0.15, 0.2) is 0 Å². The molecule has 1 amide bonds. The molecule has 5 rings (SSSR count). The Balaban J connectivity index is 1.42. The Morgan fingerprint density at radius 3 is 2.22 bits per heavy atom. The number of piperazine rings is 1. The van der Waals surface area contributed by atoms with Crippen LogP contribution in [0.1, 0.15) is 44.9 Å². The second-order valence-electron chi connectivity index (χ2n) is 9.42. The van der Waals surface area contributed by atoms with Crippen LogP contribution in [-0.4, -0.2) is 41.9 Å². The molecule has 0 unspecified atom stereocenters. The molecule has 0 radical (unpaired) electrons. The number of rotatable bonds is 8. The molecular formula is C31H32FN3OS. The molecule has 1 atom stereocenters. The molecule has 0 aliphatic carbocycles. The highest BCUT2D eigenvalue weighted by molar-refractivity contribution is 7.16. The zero-order valence-corrected chi connectivity index (χ0v) is 21.9. The van der Waals surface area contributed by atoms with Gasteiger partial charge in [0.25, 0.3) is 5.91 Å². The van der Waals surface area contributed by atoms with Crippen molar-refractivity contribution in [1.82, 2.24) is 9.80 Å². The lowest BCUT2D eigenvalue weighted by Gasteiger charge is -2.39. The number of hydrogen-bond acceptors (Lipinski definition) is 4. The van der Waals surface area contributed by atoms with Gasteiger partial charge in [-0.2, -0.15) is 0 Å².